The Morgan fingerprint density at radius 2 is 2.42 bits per heavy atom. The Hall–Kier alpha value is -1.45. The second kappa shape index (κ2) is 3.80. The molecule has 1 aliphatic heterocycles. The summed E-state index contributed by atoms with van der Waals surface area (Å²) in [5.41, 5.74) is 0. The fourth-order valence-electron chi connectivity index (χ4n) is 0.983. The van der Waals surface area contributed by atoms with E-state index in [1.807, 2.05) is 22.2 Å². The van der Waals surface area contributed by atoms with Crippen LogP contribution in [0.3, 0.4) is 0 Å². The van der Waals surface area contributed by atoms with Crippen molar-refractivity contribution < 1.29 is 9.90 Å². The highest BCUT2D eigenvalue weighted by molar-refractivity contribution is 5.64. The van der Waals surface area contributed by atoms with Gasteiger partial charge in [-0.1, -0.05) is 6.58 Å². The lowest BCUT2D eigenvalue weighted by molar-refractivity contribution is -0.305. The molecule has 1 aliphatic rings. The third-order valence-electron chi connectivity index (χ3n) is 1.65. The monoisotopic (exact) mass is 167 g/mol. The van der Waals surface area contributed by atoms with Crippen LogP contribution in [0.2, 0.25) is 0 Å². The number of nitrogens with zero attached hydrogens (tertiary/aromatic N) is 2. The predicted molar refractivity (Wildman–Crippen MR) is 42.4 cm³/mol. The summed E-state index contributed by atoms with van der Waals surface area (Å²) >= 11 is 0. The lowest BCUT2D eigenvalue weighted by Crippen LogP contribution is -2.29. The predicted octanol–water partition coefficient (Wildman–Crippen LogP) is -0.684. The molecule has 0 aromatic carbocycles. The van der Waals surface area contributed by atoms with E-state index >= 15 is 0 Å². The zero-order valence-electron chi connectivity index (χ0n) is 6.77. The van der Waals surface area contributed by atoms with Gasteiger partial charge in [0.25, 0.3) is 0 Å². The Balaban J connectivity index is 2.25. The molecule has 0 N–H and O–H groups in total. The Labute approximate surface area is 71.4 Å². The van der Waals surface area contributed by atoms with Gasteiger partial charge in [-0.05, 0) is 6.20 Å². The number of hydrogen-bond donors (Lipinski definition) is 0. The maximum atomic E-state index is 10.1. The van der Waals surface area contributed by atoms with E-state index in [1.165, 1.54) is 0 Å². The molecule has 0 saturated carbocycles. The van der Waals surface area contributed by atoms with E-state index in [0.717, 1.165) is 0 Å². The number of carboxylic acids is 1. The smallest absolute Gasteiger partial charge is 0.0935 e. The van der Waals surface area contributed by atoms with E-state index < -0.39 is 5.97 Å². The van der Waals surface area contributed by atoms with Gasteiger partial charge in [-0.15, -0.1) is 0 Å². The van der Waals surface area contributed by atoms with Crippen LogP contribution in [0, 0.1) is 0 Å². The number of carbonyl (C=O) groups is 1. The zero-order valence-corrected chi connectivity index (χ0v) is 6.77. The molecule has 0 fully saturated rings. The summed E-state index contributed by atoms with van der Waals surface area (Å²) in [5.74, 6) is -1.01. The van der Waals surface area contributed by atoms with E-state index in [9.17, 15) is 9.90 Å². The molecule has 66 valence electrons. The Morgan fingerprint density at radius 1 is 1.67 bits per heavy atom. The molecule has 0 aliphatic carbocycles. The van der Waals surface area contributed by atoms with Gasteiger partial charge in [0.2, 0.25) is 0 Å². The summed E-state index contributed by atoms with van der Waals surface area (Å²) < 4.78 is 0. The van der Waals surface area contributed by atoms with Crippen LogP contribution < -0.4 is 5.11 Å². The van der Waals surface area contributed by atoms with Crippen LogP contribution in [0.5, 0.6) is 0 Å². The van der Waals surface area contributed by atoms with Crippen molar-refractivity contribution in [3.63, 3.8) is 0 Å². The van der Waals surface area contributed by atoms with Crippen molar-refractivity contribution in [1.29, 1.82) is 0 Å². The molecule has 1 rings (SSSR count). The molecule has 1 heterocycles. The highest BCUT2D eigenvalue weighted by atomic mass is 16.4. The van der Waals surface area contributed by atoms with E-state index in [-0.39, 0.29) is 6.42 Å². The van der Waals surface area contributed by atoms with Gasteiger partial charge in [0, 0.05) is 31.3 Å². The summed E-state index contributed by atoms with van der Waals surface area (Å²) in [6.45, 7) is 4.76. The van der Waals surface area contributed by atoms with Crippen LogP contribution in [0.15, 0.2) is 25.2 Å². The van der Waals surface area contributed by atoms with Crippen molar-refractivity contribution in [2.24, 2.45) is 0 Å². The number of aliphatic carboxylic acids is 1. The van der Waals surface area contributed by atoms with E-state index in [0.29, 0.717) is 13.2 Å². The molecule has 0 bridgehead atoms. The van der Waals surface area contributed by atoms with Crippen molar-refractivity contribution >= 4 is 5.97 Å². The molecule has 0 amide bonds. The van der Waals surface area contributed by atoms with Crippen LogP contribution in [0.4, 0.5) is 0 Å². The number of rotatable bonds is 4. The Bertz CT molecular complexity index is 213. The first-order chi connectivity index (χ1) is 5.72. The Kier molecular flexibility index (Phi) is 2.74. The molecular weight excluding hydrogens is 156 g/mol. The highest BCUT2D eigenvalue weighted by Gasteiger charge is 2.07. The van der Waals surface area contributed by atoms with Crippen LogP contribution in [0.1, 0.15) is 6.42 Å². The van der Waals surface area contributed by atoms with Crippen molar-refractivity contribution in [3.05, 3.63) is 25.2 Å². The highest BCUT2D eigenvalue weighted by Crippen LogP contribution is 2.06. The molecule has 12 heavy (non-hydrogen) atoms. The summed E-state index contributed by atoms with van der Waals surface area (Å²) in [7, 11) is 0. The second-order valence-electron chi connectivity index (χ2n) is 2.57. The molecule has 0 aromatic rings. The molecule has 4 nitrogen and oxygen atoms in total. The fourth-order valence-corrected chi connectivity index (χ4v) is 0.983. The van der Waals surface area contributed by atoms with Crippen LogP contribution in [-0.2, 0) is 4.79 Å². The summed E-state index contributed by atoms with van der Waals surface area (Å²) in [6.07, 6.45) is 5.44. The SMILES string of the molecule is C=CN1C=CN(CCC(=O)[O-])C1. The van der Waals surface area contributed by atoms with Crippen LogP contribution >= 0.6 is 0 Å². The first-order valence-corrected chi connectivity index (χ1v) is 3.73. The fraction of sp³-hybridized carbons (Fsp3) is 0.375. The molecular formula is C8H11N2O2-. The standard InChI is InChI=1S/C8H12N2O2/c1-2-9-5-6-10(7-9)4-3-8(11)12/h2,5-6H,1,3-4,7H2,(H,11,12)/p-1. The van der Waals surface area contributed by atoms with Gasteiger partial charge in [0.15, 0.2) is 0 Å². The van der Waals surface area contributed by atoms with Crippen molar-refractivity contribution in [3.8, 4) is 0 Å². The van der Waals surface area contributed by atoms with E-state index in [1.54, 1.807) is 6.20 Å². The minimum atomic E-state index is -1.01. The maximum absolute atomic E-state index is 10.1. The third kappa shape index (κ3) is 2.30. The average Bonchev–Trinajstić information content (AvgIpc) is 2.48. The van der Waals surface area contributed by atoms with Gasteiger partial charge in [0.1, 0.15) is 0 Å². The van der Waals surface area contributed by atoms with Gasteiger partial charge >= 0.3 is 0 Å². The lowest BCUT2D eigenvalue weighted by atomic mass is 10.4. The number of carboxylic acid groups (broad SMARTS) is 1. The summed E-state index contributed by atoms with van der Waals surface area (Å²) in [5, 5.41) is 10.1. The first-order valence-electron chi connectivity index (χ1n) is 3.73. The van der Waals surface area contributed by atoms with Gasteiger partial charge in [-0.2, -0.15) is 0 Å². The first kappa shape index (κ1) is 8.64. The minimum Gasteiger partial charge on any atom is -0.550 e. The van der Waals surface area contributed by atoms with Crippen molar-refractivity contribution in [1.82, 2.24) is 9.80 Å². The number of carbonyl (C=O) groups excluding carboxylic acids is 1. The molecule has 0 unspecified atom stereocenters. The van der Waals surface area contributed by atoms with Crippen molar-refractivity contribution in [2.45, 2.75) is 6.42 Å². The minimum absolute atomic E-state index is 0.0648. The van der Waals surface area contributed by atoms with E-state index in [2.05, 4.69) is 6.58 Å². The molecule has 0 aromatic heterocycles. The normalized spacial score (nSPS) is 15.3. The van der Waals surface area contributed by atoms with Gasteiger partial charge in [-0.25, -0.2) is 0 Å². The Morgan fingerprint density at radius 3 is 2.92 bits per heavy atom. The third-order valence-corrected chi connectivity index (χ3v) is 1.65. The molecule has 0 atom stereocenters. The van der Waals surface area contributed by atoms with Gasteiger partial charge in [0.05, 0.1) is 6.67 Å². The summed E-state index contributed by atoms with van der Waals surface area (Å²) in [6, 6.07) is 0. The van der Waals surface area contributed by atoms with Gasteiger partial charge < -0.3 is 19.7 Å². The molecule has 4 heteroatoms. The van der Waals surface area contributed by atoms with Crippen LogP contribution in [-0.4, -0.2) is 29.0 Å². The van der Waals surface area contributed by atoms with Crippen LogP contribution in [0.25, 0.3) is 0 Å². The topological polar surface area (TPSA) is 46.6 Å². The lowest BCUT2D eigenvalue weighted by Gasteiger charge is -2.18. The molecule has 0 saturated heterocycles. The largest absolute Gasteiger partial charge is 0.550 e. The molecule has 0 radical (unpaired) electrons. The number of hydrogen-bond acceptors (Lipinski definition) is 4. The second-order valence-corrected chi connectivity index (χ2v) is 2.57. The molecule has 0 spiro atoms. The van der Waals surface area contributed by atoms with E-state index in [4.69, 9.17) is 0 Å². The van der Waals surface area contributed by atoms with Crippen molar-refractivity contribution in [2.75, 3.05) is 13.2 Å². The zero-order chi connectivity index (χ0) is 8.97. The maximum Gasteiger partial charge on any atom is 0.0935 e. The summed E-state index contributed by atoms with van der Waals surface area (Å²) in [4.78, 5) is 13.9. The van der Waals surface area contributed by atoms with Gasteiger partial charge in [-0.3, -0.25) is 0 Å². The average molecular weight is 167 g/mol. The quantitative estimate of drug-likeness (QED) is 0.556.